The van der Waals surface area contributed by atoms with Crippen LogP contribution in [0.25, 0.3) is 16.9 Å². The van der Waals surface area contributed by atoms with Gasteiger partial charge in [-0.2, -0.15) is 5.26 Å². The smallest absolute Gasteiger partial charge is 0.145 e. The third kappa shape index (κ3) is 1.89. The second-order valence-electron chi connectivity index (χ2n) is 4.09. The number of anilines is 1. The number of nitriles is 1. The Bertz CT molecular complexity index is 782. The standard InChI is InChI=1S/C14H11N5/c1-16-12-2-4-17-13(7-12)19-5-3-11-6-10(8-15)9-18-14(11)19/h2-7,9H,1H3,(H,16,17). The summed E-state index contributed by atoms with van der Waals surface area (Å²) in [6.07, 6.45) is 5.22. The molecule has 0 amide bonds. The first-order chi connectivity index (χ1) is 9.31. The molecule has 0 aliphatic rings. The van der Waals surface area contributed by atoms with Crippen molar-refractivity contribution < 1.29 is 0 Å². The van der Waals surface area contributed by atoms with Gasteiger partial charge in [-0.05, 0) is 18.2 Å². The van der Waals surface area contributed by atoms with Crippen LogP contribution in [0.15, 0.2) is 42.9 Å². The monoisotopic (exact) mass is 249 g/mol. The van der Waals surface area contributed by atoms with Crippen molar-refractivity contribution in [3.63, 3.8) is 0 Å². The zero-order valence-electron chi connectivity index (χ0n) is 10.3. The molecule has 0 unspecified atom stereocenters. The number of nitrogens with zero attached hydrogens (tertiary/aromatic N) is 4. The molecule has 3 heterocycles. The van der Waals surface area contributed by atoms with Crippen molar-refractivity contribution in [2.75, 3.05) is 12.4 Å². The average Bonchev–Trinajstić information content (AvgIpc) is 2.90. The van der Waals surface area contributed by atoms with Crippen LogP contribution >= 0.6 is 0 Å². The first kappa shape index (κ1) is 11.2. The van der Waals surface area contributed by atoms with E-state index in [4.69, 9.17) is 5.26 Å². The lowest BCUT2D eigenvalue weighted by Gasteiger charge is -2.06. The number of hydrogen-bond donors (Lipinski definition) is 1. The zero-order valence-corrected chi connectivity index (χ0v) is 10.3. The fourth-order valence-corrected chi connectivity index (χ4v) is 1.98. The molecule has 0 atom stereocenters. The van der Waals surface area contributed by atoms with Crippen molar-refractivity contribution >= 4 is 16.7 Å². The molecule has 92 valence electrons. The van der Waals surface area contributed by atoms with E-state index in [0.717, 1.165) is 22.5 Å². The minimum Gasteiger partial charge on any atom is -0.388 e. The van der Waals surface area contributed by atoms with Crippen LogP contribution in [0, 0.1) is 11.3 Å². The van der Waals surface area contributed by atoms with Crippen LogP contribution in [0.3, 0.4) is 0 Å². The Kier molecular flexibility index (Phi) is 2.62. The highest BCUT2D eigenvalue weighted by atomic mass is 15.1. The molecule has 0 bridgehead atoms. The molecule has 0 aromatic carbocycles. The molecule has 0 aliphatic heterocycles. The van der Waals surface area contributed by atoms with E-state index in [1.807, 2.05) is 42.1 Å². The first-order valence-electron chi connectivity index (χ1n) is 5.83. The van der Waals surface area contributed by atoms with Crippen LogP contribution in [0.5, 0.6) is 0 Å². The van der Waals surface area contributed by atoms with Gasteiger partial charge in [-0.25, -0.2) is 9.97 Å². The third-order valence-corrected chi connectivity index (χ3v) is 2.94. The molecular weight excluding hydrogens is 238 g/mol. The fraction of sp³-hybridized carbons (Fsp3) is 0.0714. The molecule has 3 rings (SSSR count). The molecule has 0 saturated carbocycles. The molecule has 3 aromatic heterocycles. The quantitative estimate of drug-likeness (QED) is 0.757. The summed E-state index contributed by atoms with van der Waals surface area (Å²) in [5.41, 5.74) is 2.34. The largest absolute Gasteiger partial charge is 0.388 e. The SMILES string of the molecule is CNc1ccnc(-n2ccc3cc(C#N)cnc32)c1. The predicted octanol–water partition coefficient (Wildman–Crippen LogP) is 2.33. The van der Waals surface area contributed by atoms with Crippen molar-refractivity contribution in [2.24, 2.45) is 0 Å². The molecule has 0 fully saturated rings. The Morgan fingerprint density at radius 3 is 2.95 bits per heavy atom. The minimum atomic E-state index is 0.558. The molecule has 1 N–H and O–H groups in total. The van der Waals surface area contributed by atoms with Crippen LogP contribution in [-0.2, 0) is 0 Å². The normalized spacial score (nSPS) is 10.3. The molecular formula is C14H11N5. The Labute approximate surface area is 110 Å². The van der Waals surface area contributed by atoms with Crippen molar-refractivity contribution in [3.8, 4) is 11.9 Å². The Morgan fingerprint density at radius 2 is 2.16 bits per heavy atom. The summed E-state index contributed by atoms with van der Waals surface area (Å²) < 4.78 is 1.90. The molecule has 5 nitrogen and oxygen atoms in total. The lowest BCUT2D eigenvalue weighted by atomic mass is 10.2. The highest BCUT2D eigenvalue weighted by Gasteiger charge is 2.06. The van der Waals surface area contributed by atoms with Crippen molar-refractivity contribution in [3.05, 3.63) is 48.4 Å². The summed E-state index contributed by atoms with van der Waals surface area (Å²) >= 11 is 0. The van der Waals surface area contributed by atoms with Crippen molar-refractivity contribution in [1.29, 1.82) is 5.26 Å². The van der Waals surface area contributed by atoms with Crippen LogP contribution in [0.2, 0.25) is 0 Å². The Hall–Kier alpha value is -2.87. The fourth-order valence-electron chi connectivity index (χ4n) is 1.98. The van der Waals surface area contributed by atoms with Gasteiger partial charge in [-0.3, -0.25) is 4.57 Å². The number of rotatable bonds is 2. The zero-order chi connectivity index (χ0) is 13.2. The predicted molar refractivity (Wildman–Crippen MR) is 73.1 cm³/mol. The van der Waals surface area contributed by atoms with Crippen LogP contribution < -0.4 is 5.32 Å². The number of aromatic nitrogens is 3. The minimum absolute atomic E-state index is 0.558. The van der Waals surface area contributed by atoms with E-state index in [-0.39, 0.29) is 0 Å². The van der Waals surface area contributed by atoms with E-state index < -0.39 is 0 Å². The van der Waals surface area contributed by atoms with Gasteiger partial charge in [0.15, 0.2) is 0 Å². The van der Waals surface area contributed by atoms with E-state index in [1.54, 1.807) is 12.4 Å². The van der Waals surface area contributed by atoms with E-state index >= 15 is 0 Å². The van der Waals surface area contributed by atoms with Gasteiger partial charge < -0.3 is 5.32 Å². The lowest BCUT2D eigenvalue weighted by molar-refractivity contribution is 1.02. The van der Waals surface area contributed by atoms with Gasteiger partial charge in [-0.15, -0.1) is 0 Å². The van der Waals surface area contributed by atoms with Gasteiger partial charge in [0.2, 0.25) is 0 Å². The second-order valence-corrected chi connectivity index (χ2v) is 4.09. The summed E-state index contributed by atoms with van der Waals surface area (Å²) in [7, 11) is 1.87. The third-order valence-electron chi connectivity index (χ3n) is 2.94. The summed E-state index contributed by atoms with van der Waals surface area (Å²) in [6, 6.07) is 9.68. The van der Waals surface area contributed by atoms with E-state index in [2.05, 4.69) is 21.4 Å². The van der Waals surface area contributed by atoms with E-state index in [9.17, 15) is 0 Å². The maximum Gasteiger partial charge on any atom is 0.145 e. The van der Waals surface area contributed by atoms with Gasteiger partial charge in [0.05, 0.1) is 5.56 Å². The van der Waals surface area contributed by atoms with Crippen molar-refractivity contribution in [2.45, 2.75) is 0 Å². The molecule has 0 spiro atoms. The summed E-state index contributed by atoms with van der Waals surface area (Å²) in [5, 5.41) is 12.9. The molecule has 3 aromatic rings. The maximum atomic E-state index is 8.87. The number of fused-ring (bicyclic) bond motifs is 1. The number of hydrogen-bond acceptors (Lipinski definition) is 4. The second kappa shape index (κ2) is 4.42. The maximum absolute atomic E-state index is 8.87. The van der Waals surface area contributed by atoms with Crippen LogP contribution in [-0.4, -0.2) is 21.6 Å². The number of pyridine rings is 2. The lowest BCUT2D eigenvalue weighted by Crippen LogP contribution is -1.98. The molecule has 5 heteroatoms. The Balaban J connectivity index is 2.17. The van der Waals surface area contributed by atoms with Gasteiger partial charge in [0.25, 0.3) is 0 Å². The van der Waals surface area contributed by atoms with Gasteiger partial charge in [-0.1, -0.05) is 0 Å². The number of nitrogens with one attached hydrogen (secondary N) is 1. The van der Waals surface area contributed by atoms with Gasteiger partial charge in [0, 0.05) is 42.8 Å². The topological polar surface area (TPSA) is 66.5 Å². The highest BCUT2D eigenvalue weighted by molar-refractivity contribution is 5.79. The average molecular weight is 249 g/mol. The van der Waals surface area contributed by atoms with Crippen LogP contribution in [0.1, 0.15) is 5.56 Å². The Morgan fingerprint density at radius 1 is 1.26 bits per heavy atom. The summed E-state index contributed by atoms with van der Waals surface area (Å²) in [6.45, 7) is 0. The summed E-state index contributed by atoms with van der Waals surface area (Å²) in [5.74, 6) is 0.791. The van der Waals surface area contributed by atoms with E-state index in [1.165, 1.54) is 0 Å². The molecule has 0 saturated heterocycles. The molecule has 0 radical (unpaired) electrons. The molecule has 19 heavy (non-hydrogen) atoms. The van der Waals surface area contributed by atoms with Gasteiger partial charge in [0.1, 0.15) is 17.5 Å². The highest BCUT2D eigenvalue weighted by Crippen LogP contribution is 2.19. The van der Waals surface area contributed by atoms with Gasteiger partial charge >= 0.3 is 0 Å². The molecule has 0 aliphatic carbocycles. The summed E-state index contributed by atoms with van der Waals surface area (Å²) in [4.78, 5) is 8.66. The van der Waals surface area contributed by atoms with E-state index in [0.29, 0.717) is 5.56 Å². The van der Waals surface area contributed by atoms with Crippen molar-refractivity contribution in [1.82, 2.24) is 14.5 Å². The first-order valence-corrected chi connectivity index (χ1v) is 5.83. The van der Waals surface area contributed by atoms with Crippen LogP contribution in [0.4, 0.5) is 5.69 Å².